The molecule has 1 saturated carbocycles. The van der Waals surface area contributed by atoms with Crippen LogP contribution in [0.25, 0.3) is 0 Å². The molecule has 1 fully saturated rings. The third-order valence-electron chi connectivity index (χ3n) is 2.45. The molecule has 0 aliphatic heterocycles. The molecule has 0 bridgehead atoms. The molecule has 2 heteroatoms. The lowest BCUT2D eigenvalue weighted by Gasteiger charge is -2.19. The SMILES string of the molecule is CC(CCNC1CC1)N(C)C. The van der Waals surface area contributed by atoms with Crippen molar-refractivity contribution in [1.82, 2.24) is 10.2 Å². The fourth-order valence-corrected chi connectivity index (χ4v) is 1.04. The van der Waals surface area contributed by atoms with Crippen LogP contribution in [0, 0.1) is 0 Å². The lowest BCUT2D eigenvalue weighted by atomic mass is 10.2. The molecular weight excluding hydrogens is 136 g/mol. The molecule has 1 rings (SSSR count). The first-order valence-electron chi connectivity index (χ1n) is 4.60. The Kier molecular flexibility index (Phi) is 3.34. The van der Waals surface area contributed by atoms with Crippen LogP contribution in [0.5, 0.6) is 0 Å². The summed E-state index contributed by atoms with van der Waals surface area (Å²) in [6.07, 6.45) is 4.07. The Hall–Kier alpha value is -0.0800. The molecule has 0 aromatic rings. The zero-order valence-electron chi connectivity index (χ0n) is 7.93. The van der Waals surface area contributed by atoms with E-state index in [1.165, 1.54) is 25.8 Å². The van der Waals surface area contributed by atoms with Crippen molar-refractivity contribution >= 4 is 0 Å². The fourth-order valence-electron chi connectivity index (χ4n) is 1.04. The Balaban J connectivity index is 1.92. The molecule has 1 unspecified atom stereocenters. The summed E-state index contributed by atoms with van der Waals surface area (Å²) in [5.74, 6) is 0. The van der Waals surface area contributed by atoms with E-state index < -0.39 is 0 Å². The van der Waals surface area contributed by atoms with Crippen molar-refractivity contribution < 1.29 is 0 Å². The van der Waals surface area contributed by atoms with Gasteiger partial charge in [-0.05, 0) is 46.8 Å². The number of rotatable bonds is 5. The number of nitrogens with zero attached hydrogens (tertiary/aromatic N) is 1. The molecule has 1 aliphatic carbocycles. The second kappa shape index (κ2) is 4.07. The summed E-state index contributed by atoms with van der Waals surface area (Å²) in [6, 6.07) is 1.57. The highest BCUT2D eigenvalue weighted by Crippen LogP contribution is 2.18. The molecule has 1 N–H and O–H groups in total. The minimum absolute atomic E-state index is 0.709. The standard InChI is InChI=1S/C9H20N2/c1-8(11(2)3)6-7-10-9-4-5-9/h8-10H,4-7H2,1-3H3. The van der Waals surface area contributed by atoms with E-state index in [0.717, 1.165) is 6.04 Å². The normalized spacial score (nSPS) is 20.7. The van der Waals surface area contributed by atoms with Crippen molar-refractivity contribution in [2.24, 2.45) is 0 Å². The van der Waals surface area contributed by atoms with E-state index >= 15 is 0 Å². The van der Waals surface area contributed by atoms with Crippen molar-refractivity contribution in [3.05, 3.63) is 0 Å². The first-order valence-corrected chi connectivity index (χ1v) is 4.60. The number of hydrogen-bond acceptors (Lipinski definition) is 2. The van der Waals surface area contributed by atoms with Crippen LogP contribution in [0.2, 0.25) is 0 Å². The Morgan fingerprint density at radius 2 is 2.09 bits per heavy atom. The maximum Gasteiger partial charge on any atom is 0.00729 e. The number of hydrogen-bond donors (Lipinski definition) is 1. The maximum atomic E-state index is 3.52. The van der Waals surface area contributed by atoms with Gasteiger partial charge in [-0.2, -0.15) is 0 Å². The van der Waals surface area contributed by atoms with Crippen LogP contribution >= 0.6 is 0 Å². The van der Waals surface area contributed by atoms with Gasteiger partial charge in [0.1, 0.15) is 0 Å². The summed E-state index contributed by atoms with van der Waals surface area (Å²) < 4.78 is 0. The van der Waals surface area contributed by atoms with E-state index in [1.54, 1.807) is 0 Å². The lowest BCUT2D eigenvalue weighted by Crippen LogP contribution is -2.29. The van der Waals surface area contributed by atoms with Gasteiger partial charge in [0.2, 0.25) is 0 Å². The van der Waals surface area contributed by atoms with Gasteiger partial charge in [0.15, 0.2) is 0 Å². The highest BCUT2D eigenvalue weighted by atomic mass is 15.1. The third-order valence-corrected chi connectivity index (χ3v) is 2.45. The maximum absolute atomic E-state index is 3.52. The molecule has 11 heavy (non-hydrogen) atoms. The van der Waals surface area contributed by atoms with Crippen molar-refractivity contribution in [2.45, 2.75) is 38.3 Å². The average molecular weight is 156 g/mol. The molecule has 0 spiro atoms. The topological polar surface area (TPSA) is 15.3 Å². The van der Waals surface area contributed by atoms with Crippen LogP contribution in [0.4, 0.5) is 0 Å². The predicted octanol–water partition coefficient (Wildman–Crippen LogP) is 1.08. The Morgan fingerprint density at radius 3 is 2.55 bits per heavy atom. The van der Waals surface area contributed by atoms with Gasteiger partial charge in [-0.3, -0.25) is 0 Å². The molecule has 66 valence electrons. The fraction of sp³-hybridized carbons (Fsp3) is 1.00. The van der Waals surface area contributed by atoms with E-state index in [1.807, 2.05) is 0 Å². The van der Waals surface area contributed by atoms with Gasteiger partial charge in [0.05, 0.1) is 0 Å². The van der Waals surface area contributed by atoms with Crippen molar-refractivity contribution in [3.63, 3.8) is 0 Å². The van der Waals surface area contributed by atoms with Gasteiger partial charge < -0.3 is 10.2 Å². The lowest BCUT2D eigenvalue weighted by molar-refractivity contribution is 0.295. The van der Waals surface area contributed by atoms with Crippen LogP contribution in [0.15, 0.2) is 0 Å². The molecule has 2 nitrogen and oxygen atoms in total. The summed E-state index contributed by atoms with van der Waals surface area (Å²) in [5.41, 5.74) is 0. The second-order valence-electron chi connectivity index (χ2n) is 3.83. The summed E-state index contributed by atoms with van der Waals surface area (Å²) in [7, 11) is 4.28. The third kappa shape index (κ3) is 3.73. The van der Waals surface area contributed by atoms with Crippen LogP contribution < -0.4 is 5.32 Å². The van der Waals surface area contributed by atoms with Gasteiger partial charge >= 0.3 is 0 Å². The summed E-state index contributed by atoms with van der Waals surface area (Å²) in [6.45, 7) is 3.46. The zero-order chi connectivity index (χ0) is 8.27. The van der Waals surface area contributed by atoms with Crippen LogP contribution in [0.1, 0.15) is 26.2 Å². The predicted molar refractivity (Wildman–Crippen MR) is 48.8 cm³/mol. The van der Waals surface area contributed by atoms with E-state index in [2.05, 4.69) is 31.2 Å². The summed E-state index contributed by atoms with van der Waals surface area (Å²) >= 11 is 0. The molecule has 0 aromatic heterocycles. The second-order valence-corrected chi connectivity index (χ2v) is 3.83. The molecule has 0 aromatic carbocycles. The van der Waals surface area contributed by atoms with Gasteiger partial charge in [0.25, 0.3) is 0 Å². The minimum Gasteiger partial charge on any atom is -0.314 e. The Morgan fingerprint density at radius 1 is 1.45 bits per heavy atom. The largest absolute Gasteiger partial charge is 0.314 e. The quantitative estimate of drug-likeness (QED) is 0.641. The minimum atomic E-state index is 0.709. The molecule has 0 saturated heterocycles. The van der Waals surface area contributed by atoms with Gasteiger partial charge in [-0.25, -0.2) is 0 Å². The van der Waals surface area contributed by atoms with Crippen LogP contribution in [0.3, 0.4) is 0 Å². The molecule has 1 aliphatic rings. The van der Waals surface area contributed by atoms with E-state index in [9.17, 15) is 0 Å². The van der Waals surface area contributed by atoms with E-state index in [4.69, 9.17) is 0 Å². The molecule has 0 amide bonds. The molecule has 0 radical (unpaired) electrons. The molecular formula is C9H20N2. The van der Waals surface area contributed by atoms with Crippen LogP contribution in [-0.4, -0.2) is 37.6 Å². The van der Waals surface area contributed by atoms with E-state index in [-0.39, 0.29) is 0 Å². The molecule has 1 atom stereocenters. The average Bonchev–Trinajstić information content (AvgIpc) is 2.71. The van der Waals surface area contributed by atoms with Crippen LogP contribution in [-0.2, 0) is 0 Å². The smallest absolute Gasteiger partial charge is 0.00729 e. The number of nitrogens with one attached hydrogen (secondary N) is 1. The van der Waals surface area contributed by atoms with Crippen molar-refractivity contribution in [1.29, 1.82) is 0 Å². The summed E-state index contributed by atoms with van der Waals surface area (Å²) in [4.78, 5) is 2.27. The first kappa shape index (κ1) is 9.01. The van der Waals surface area contributed by atoms with Crippen molar-refractivity contribution in [2.75, 3.05) is 20.6 Å². The molecule has 0 heterocycles. The highest BCUT2D eigenvalue weighted by Gasteiger charge is 2.19. The Labute approximate surface area is 70.0 Å². The van der Waals surface area contributed by atoms with Gasteiger partial charge in [-0.1, -0.05) is 0 Å². The van der Waals surface area contributed by atoms with Gasteiger partial charge in [-0.15, -0.1) is 0 Å². The highest BCUT2D eigenvalue weighted by molar-refractivity contribution is 4.81. The Bertz CT molecular complexity index is 108. The zero-order valence-corrected chi connectivity index (χ0v) is 7.93. The monoisotopic (exact) mass is 156 g/mol. The first-order chi connectivity index (χ1) is 5.20. The van der Waals surface area contributed by atoms with E-state index in [0.29, 0.717) is 6.04 Å². The van der Waals surface area contributed by atoms with Gasteiger partial charge in [0, 0.05) is 12.1 Å². The summed E-state index contributed by atoms with van der Waals surface area (Å²) in [5, 5.41) is 3.52. The van der Waals surface area contributed by atoms with Crippen molar-refractivity contribution in [3.8, 4) is 0 Å².